The zero-order valence-electron chi connectivity index (χ0n) is 18.8. The minimum Gasteiger partial charge on any atom is -0.352 e. The van der Waals surface area contributed by atoms with Crippen LogP contribution in [-0.4, -0.2) is 33.5 Å². The Morgan fingerprint density at radius 1 is 1.03 bits per heavy atom. The van der Waals surface area contributed by atoms with Crippen molar-refractivity contribution in [3.63, 3.8) is 0 Å². The number of hydrogen-bond donors (Lipinski definition) is 2. The first-order valence-corrected chi connectivity index (χ1v) is 11.4. The Hall–Kier alpha value is -4.11. The molecule has 9 heteroatoms. The van der Waals surface area contributed by atoms with Gasteiger partial charge in [-0.1, -0.05) is 65.5 Å². The molecule has 4 rings (SSSR count). The lowest BCUT2D eigenvalue weighted by Gasteiger charge is -2.06. The Morgan fingerprint density at radius 2 is 1.79 bits per heavy atom. The number of aryl methyl sites for hydroxylation is 2. The van der Waals surface area contributed by atoms with Crippen LogP contribution in [0.3, 0.4) is 0 Å². The van der Waals surface area contributed by atoms with Crippen molar-refractivity contribution in [1.29, 1.82) is 0 Å². The van der Waals surface area contributed by atoms with Crippen LogP contribution in [0, 0.1) is 13.8 Å². The van der Waals surface area contributed by atoms with Gasteiger partial charge in [-0.15, -0.1) is 0 Å². The van der Waals surface area contributed by atoms with E-state index in [0.717, 1.165) is 21.7 Å². The van der Waals surface area contributed by atoms with Crippen molar-refractivity contribution in [1.82, 2.24) is 20.4 Å². The van der Waals surface area contributed by atoms with Gasteiger partial charge in [0.15, 0.2) is 5.13 Å². The number of carbonyl (C=O) groups is 2. The molecule has 0 bridgehead atoms. The van der Waals surface area contributed by atoms with E-state index in [-0.39, 0.29) is 24.8 Å². The van der Waals surface area contributed by atoms with Gasteiger partial charge in [-0.3, -0.25) is 9.59 Å². The fourth-order valence-electron chi connectivity index (χ4n) is 3.29. The molecule has 0 spiro atoms. The normalized spacial score (nSPS) is 10.6. The van der Waals surface area contributed by atoms with E-state index >= 15 is 0 Å². The molecule has 0 fully saturated rings. The Balaban J connectivity index is 1.30. The maximum absolute atomic E-state index is 12.5. The number of amides is 2. The van der Waals surface area contributed by atoms with Gasteiger partial charge >= 0.3 is 0 Å². The molecule has 0 atom stereocenters. The third-order valence-electron chi connectivity index (χ3n) is 4.99. The minimum atomic E-state index is -0.290. The van der Waals surface area contributed by atoms with Crippen molar-refractivity contribution in [3.8, 4) is 11.4 Å². The van der Waals surface area contributed by atoms with Crippen LogP contribution >= 0.6 is 11.3 Å². The average Bonchev–Trinajstić information content (AvgIpc) is 3.44. The second-order valence-corrected chi connectivity index (χ2v) is 8.55. The number of rotatable bonds is 8. The summed E-state index contributed by atoms with van der Waals surface area (Å²) in [6.07, 6.45) is 0.114. The largest absolute Gasteiger partial charge is 0.352 e. The molecule has 0 aliphatic rings. The van der Waals surface area contributed by atoms with Crippen LogP contribution in [0.2, 0.25) is 0 Å². The SMILES string of the molecule is C=C(c1ccccc1)c1sc(NC(=O)CCNC(=O)c2cccc(-c3noc(C)n3)c2)nc1C. The number of anilines is 1. The van der Waals surface area contributed by atoms with Gasteiger partial charge in [-0.2, -0.15) is 4.98 Å². The van der Waals surface area contributed by atoms with Crippen LogP contribution in [-0.2, 0) is 4.79 Å². The van der Waals surface area contributed by atoms with E-state index < -0.39 is 0 Å². The van der Waals surface area contributed by atoms with Gasteiger partial charge in [-0.25, -0.2) is 4.98 Å². The van der Waals surface area contributed by atoms with Crippen molar-refractivity contribution < 1.29 is 14.1 Å². The molecule has 0 radical (unpaired) electrons. The summed E-state index contributed by atoms with van der Waals surface area (Å²) >= 11 is 1.38. The van der Waals surface area contributed by atoms with Crippen molar-refractivity contribution in [2.45, 2.75) is 20.3 Å². The second kappa shape index (κ2) is 10.2. The first-order chi connectivity index (χ1) is 16.4. The summed E-state index contributed by atoms with van der Waals surface area (Å²) in [5.41, 5.74) is 3.79. The molecular formula is C25H23N5O3S. The lowest BCUT2D eigenvalue weighted by Crippen LogP contribution is -2.27. The van der Waals surface area contributed by atoms with E-state index in [4.69, 9.17) is 4.52 Å². The molecule has 2 aromatic heterocycles. The van der Waals surface area contributed by atoms with Crippen LogP contribution < -0.4 is 10.6 Å². The Labute approximate surface area is 200 Å². The van der Waals surface area contributed by atoms with E-state index in [1.807, 2.05) is 37.3 Å². The average molecular weight is 474 g/mol. The lowest BCUT2D eigenvalue weighted by molar-refractivity contribution is -0.116. The highest BCUT2D eigenvalue weighted by Crippen LogP contribution is 2.32. The molecule has 0 saturated heterocycles. The van der Waals surface area contributed by atoms with Crippen molar-refractivity contribution >= 4 is 33.9 Å². The highest BCUT2D eigenvalue weighted by atomic mass is 32.1. The van der Waals surface area contributed by atoms with Gasteiger partial charge < -0.3 is 15.2 Å². The number of nitrogens with zero attached hydrogens (tertiary/aromatic N) is 3. The van der Waals surface area contributed by atoms with E-state index in [0.29, 0.717) is 28.0 Å². The minimum absolute atomic E-state index is 0.114. The smallest absolute Gasteiger partial charge is 0.251 e. The van der Waals surface area contributed by atoms with Crippen LogP contribution in [0.25, 0.3) is 17.0 Å². The van der Waals surface area contributed by atoms with Gasteiger partial charge in [0.2, 0.25) is 17.6 Å². The molecule has 0 aliphatic heterocycles. The molecule has 2 heterocycles. The number of hydrogen-bond acceptors (Lipinski definition) is 7. The predicted octanol–water partition coefficient (Wildman–Crippen LogP) is 4.63. The number of benzene rings is 2. The number of aromatic nitrogens is 3. The highest BCUT2D eigenvalue weighted by molar-refractivity contribution is 7.17. The van der Waals surface area contributed by atoms with Crippen molar-refractivity contribution in [3.05, 3.63) is 88.8 Å². The van der Waals surface area contributed by atoms with E-state index in [1.54, 1.807) is 31.2 Å². The zero-order chi connectivity index (χ0) is 24.1. The van der Waals surface area contributed by atoms with Crippen molar-refractivity contribution in [2.24, 2.45) is 0 Å². The van der Waals surface area contributed by atoms with Gasteiger partial charge in [0.05, 0.1) is 10.6 Å². The van der Waals surface area contributed by atoms with Gasteiger partial charge in [0.1, 0.15) is 0 Å². The van der Waals surface area contributed by atoms with E-state index in [1.165, 1.54) is 11.3 Å². The number of thiazole rings is 1. The molecule has 8 nitrogen and oxygen atoms in total. The number of nitrogens with one attached hydrogen (secondary N) is 2. The van der Waals surface area contributed by atoms with Crippen LogP contribution in [0.5, 0.6) is 0 Å². The molecule has 0 saturated carbocycles. The molecule has 4 aromatic rings. The second-order valence-electron chi connectivity index (χ2n) is 7.55. The molecule has 2 aromatic carbocycles. The predicted molar refractivity (Wildman–Crippen MR) is 131 cm³/mol. The summed E-state index contributed by atoms with van der Waals surface area (Å²) < 4.78 is 4.99. The topological polar surface area (TPSA) is 110 Å². The summed E-state index contributed by atoms with van der Waals surface area (Å²) in [4.78, 5) is 34.4. The molecule has 0 unspecified atom stereocenters. The van der Waals surface area contributed by atoms with E-state index in [9.17, 15) is 9.59 Å². The summed E-state index contributed by atoms with van der Waals surface area (Å²) in [7, 11) is 0. The standard InChI is InChI=1S/C25H23N5O3S/c1-15(18-8-5-4-6-9-18)22-16(2)27-25(34-22)29-21(31)12-13-26-24(32)20-11-7-10-19(14-20)23-28-17(3)33-30-23/h4-11,14H,1,12-13H2,2-3H3,(H,26,32)(H,27,29,31). The highest BCUT2D eigenvalue weighted by Gasteiger charge is 2.15. The summed E-state index contributed by atoms with van der Waals surface area (Å²) in [6.45, 7) is 7.94. The quantitative estimate of drug-likeness (QED) is 0.386. The monoisotopic (exact) mass is 473 g/mol. The van der Waals surface area contributed by atoms with Gasteiger partial charge in [0.25, 0.3) is 5.91 Å². The molecule has 2 amide bonds. The third kappa shape index (κ3) is 5.44. The first-order valence-electron chi connectivity index (χ1n) is 10.6. The van der Waals surface area contributed by atoms with Crippen molar-refractivity contribution in [2.75, 3.05) is 11.9 Å². The van der Waals surface area contributed by atoms with Gasteiger partial charge in [0, 0.05) is 31.0 Å². The van der Waals surface area contributed by atoms with Crippen LogP contribution in [0.15, 0.2) is 65.7 Å². The lowest BCUT2D eigenvalue weighted by atomic mass is 10.1. The Kier molecular flexibility index (Phi) is 6.93. The summed E-state index contributed by atoms with van der Waals surface area (Å²) in [5.74, 6) is 0.339. The molecule has 34 heavy (non-hydrogen) atoms. The Morgan fingerprint density at radius 3 is 2.53 bits per heavy atom. The van der Waals surface area contributed by atoms with Gasteiger partial charge in [-0.05, 0) is 30.2 Å². The summed E-state index contributed by atoms with van der Waals surface area (Å²) in [5, 5.41) is 9.94. The fraction of sp³-hybridized carbons (Fsp3) is 0.160. The fourth-order valence-corrected chi connectivity index (χ4v) is 4.26. The third-order valence-corrected chi connectivity index (χ3v) is 6.12. The molecule has 172 valence electrons. The van der Waals surface area contributed by atoms with Crippen LogP contribution in [0.4, 0.5) is 5.13 Å². The number of carbonyl (C=O) groups excluding carboxylic acids is 2. The molecule has 2 N–H and O–H groups in total. The zero-order valence-corrected chi connectivity index (χ0v) is 19.6. The molecular weight excluding hydrogens is 450 g/mol. The Bertz CT molecular complexity index is 1340. The first kappa shape index (κ1) is 23.1. The molecule has 0 aliphatic carbocycles. The summed E-state index contributed by atoms with van der Waals surface area (Å²) in [6, 6.07) is 16.7. The maximum atomic E-state index is 12.5. The van der Waals surface area contributed by atoms with Crippen LogP contribution in [0.1, 0.15) is 38.8 Å². The maximum Gasteiger partial charge on any atom is 0.251 e. The van der Waals surface area contributed by atoms with E-state index in [2.05, 4.69) is 32.3 Å².